The van der Waals surface area contributed by atoms with E-state index in [2.05, 4.69) is 5.02 Å². The van der Waals surface area contributed by atoms with Crippen molar-refractivity contribution in [2.45, 2.75) is 51.0 Å². The van der Waals surface area contributed by atoms with E-state index in [1.165, 1.54) is 0 Å². The zero-order chi connectivity index (χ0) is 12.3. The molecular formula is C10H18O3S2. The van der Waals surface area contributed by atoms with E-state index in [1.54, 1.807) is 41.5 Å². The van der Waals surface area contributed by atoms with Gasteiger partial charge in [0.25, 0.3) is 0 Å². The van der Waals surface area contributed by atoms with Crippen LogP contribution >= 0.6 is 0 Å². The monoisotopic (exact) mass is 250 g/mol. The van der Waals surface area contributed by atoms with E-state index in [0.29, 0.717) is 0 Å². The molecule has 5 heteroatoms. The molecule has 0 N–H and O–H groups in total. The Hall–Kier alpha value is -0.250. The van der Waals surface area contributed by atoms with Crippen LogP contribution in [0.25, 0.3) is 0 Å². The van der Waals surface area contributed by atoms with E-state index in [9.17, 15) is 12.6 Å². The quantitative estimate of drug-likeness (QED) is 0.663. The molecule has 0 aromatic rings. The van der Waals surface area contributed by atoms with E-state index in [4.69, 9.17) is 0 Å². The smallest absolute Gasteiger partial charge is 0.199 e. The van der Waals surface area contributed by atoms with Gasteiger partial charge in [-0.1, -0.05) is 0 Å². The first-order valence-electron chi connectivity index (χ1n) is 4.77. The summed E-state index contributed by atoms with van der Waals surface area (Å²) in [5.74, 6) is 0. The minimum atomic E-state index is -3.46. The van der Waals surface area contributed by atoms with Crippen LogP contribution in [0, 0.1) is 0 Å². The van der Waals surface area contributed by atoms with Gasteiger partial charge in [-0.3, -0.25) is 4.21 Å². The molecule has 1 heterocycles. The van der Waals surface area contributed by atoms with Gasteiger partial charge in [0.15, 0.2) is 14.1 Å². The van der Waals surface area contributed by atoms with Crippen molar-refractivity contribution in [1.82, 2.24) is 0 Å². The van der Waals surface area contributed by atoms with E-state index in [-0.39, 0.29) is 4.24 Å². The van der Waals surface area contributed by atoms with E-state index >= 15 is 0 Å². The summed E-state index contributed by atoms with van der Waals surface area (Å²) < 4.78 is 34.8. The fourth-order valence-corrected chi connectivity index (χ4v) is 6.38. The number of rotatable bonds is 1. The highest BCUT2D eigenvalue weighted by Gasteiger charge is 2.48. The lowest BCUT2D eigenvalue weighted by atomic mass is 10.3. The second-order valence-electron chi connectivity index (χ2n) is 5.67. The predicted molar refractivity (Wildman–Crippen MR) is 65.1 cm³/mol. The van der Waals surface area contributed by atoms with Crippen LogP contribution < -0.4 is 0 Å². The van der Waals surface area contributed by atoms with Crippen LogP contribution in [0.4, 0.5) is 0 Å². The summed E-state index contributed by atoms with van der Waals surface area (Å²) in [6, 6.07) is 0. The third kappa shape index (κ3) is 1.77. The van der Waals surface area contributed by atoms with Crippen LogP contribution in [0.2, 0.25) is 0 Å². The Balaban J connectivity index is 3.16. The first kappa shape index (κ1) is 12.8. The Morgan fingerprint density at radius 2 is 1.47 bits per heavy atom. The van der Waals surface area contributed by atoms with Crippen molar-refractivity contribution in [2.75, 3.05) is 0 Å². The third-order valence-corrected chi connectivity index (χ3v) is 8.69. The molecule has 1 atom stereocenters. The Morgan fingerprint density at radius 3 is 1.67 bits per heavy atom. The van der Waals surface area contributed by atoms with Crippen molar-refractivity contribution >= 4 is 24.4 Å². The first-order valence-corrected chi connectivity index (χ1v) is 7.81. The second kappa shape index (κ2) is 2.90. The van der Waals surface area contributed by atoms with Gasteiger partial charge in [0.2, 0.25) is 0 Å². The van der Waals surface area contributed by atoms with Gasteiger partial charge in [0.1, 0.15) is 0 Å². The van der Waals surface area contributed by atoms with Gasteiger partial charge in [-0.15, -0.1) is 0 Å². The third-order valence-electron chi connectivity index (χ3n) is 2.36. The highest BCUT2D eigenvalue weighted by atomic mass is 32.3. The Bertz CT molecular complexity index is 538. The molecule has 0 spiro atoms. The van der Waals surface area contributed by atoms with Crippen LogP contribution in [0.3, 0.4) is 0 Å². The fourth-order valence-electron chi connectivity index (χ4n) is 1.02. The Kier molecular flexibility index (Phi) is 2.48. The maximum atomic E-state index is 12.2. The number of sulfone groups is 1. The second-order valence-corrected chi connectivity index (χ2v) is 11.5. The molecule has 1 aliphatic rings. The highest BCUT2D eigenvalue weighted by Crippen LogP contribution is 2.38. The lowest BCUT2D eigenvalue weighted by Crippen LogP contribution is -2.32. The van der Waals surface area contributed by atoms with Crippen molar-refractivity contribution in [3.8, 4) is 0 Å². The van der Waals surface area contributed by atoms with Gasteiger partial charge in [-0.2, -0.15) is 0 Å². The van der Waals surface area contributed by atoms with Crippen molar-refractivity contribution in [3.63, 3.8) is 0 Å². The van der Waals surface area contributed by atoms with Gasteiger partial charge >= 0.3 is 0 Å². The molecule has 15 heavy (non-hydrogen) atoms. The van der Waals surface area contributed by atoms with Crippen LogP contribution in [0.5, 0.6) is 0 Å². The summed E-state index contributed by atoms with van der Waals surface area (Å²) in [7, 11) is -6.01. The van der Waals surface area contributed by atoms with Gasteiger partial charge in [0.05, 0.1) is 14.3 Å². The van der Waals surface area contributed by atoms with Crippen molar-refractivity contribution in [3.05, 3.63) is 4.24 Å². The Morgan fingerprint density at radius 1 is 1.07 bits per heavy atom. The minimum Gasteiger partial charge on any atom is -0.253 e. The molecule has 0 saturated heterocycles. The molecule has 0 saturated carbocycles. The van der Waals surface area contributed by atoms with Crippen molar-refractivity contribution < 1.29 is 12.6 Å². The average Bonchev–Trinajstić information content (AvgIpc) is 2.59. The van der Waals surface area contributed by atoms with E-state index in [1.807, 2.05) is 0 Å². The minimum absolute atomic E-state index is 0.0231. The maximum absolute atomic E-state index is 12.2. The van der Waals surface area contributed by atoms with Crippen LogP contribution in [0.15, 0.2) is 4.24 Å². The molecule has 1 aliphatic heterocycles. The SMILES string of the molecule is CC(C)(C)S(=O)(=O)C1=C=S1(=O)C(C)(C)C. The number of hydrogen-bond acceptors (Lipinski definition) is 3. The predicted octanol–water partition coefficient (Wildman–Crippen LogP) is 1.54. The summed E-state index contributed by atoms with van der Waals surface area (Å²) in [5.41, 5.74) is 0. The molecule has 0 aliphatic carbocycles. The summed E-state index contributed by atoms with van der Waals surface area (Å²) in [4.78, 5) is 0. The maximum Gasteiger partial charge on any atom is 0.199 e. The molecule has 0 amide bonds. The molecule has 88 valence electrons. The van der Waals surface area contributed by atoms with Crippen LogP contribution in [-0.2, 0) is 19.4 Å². The summed E-state index contributed by atoms with van der Waals surface area (Å²) in [6.07, 6.45) is 0. The van der Waals surface area contributed by atoms with Crippen LogP contribution in [0.1, 0.15) is 41.5 Å². The summed E-state index contributed by atoms with van der Waals surface area (Å²) >= 11 is 0. The van der Waals surface area contributed by atoms with E-state index < -0.39 is 28.9 Å². The molecule has 0 aromatic carbocycles. The highest BCUT2D eigenvalue weighted by molar-refractivity contribution is 8.26. The van der Waals surface area contributed by atoms with Gasteiger partial charge < -0.3 is 0 Å². The van der Waals surface area contributed by atoms with Crippen LogP contribution in [-0.4, -0.2) is 27.1 Å². The molecule has 0 bridgehead atoms. The molecule has 0 radical (unpaired) electrons. The zero-order valence-electron chi connectivity index (χ0n) is 10.0. The van der Waals surface area contributed by atoms with E-state index in [0.717, 1.165) is 0 Å². The fraction of sp³-hybridized carbons (Fsp3) is 0.800. The van der Waals surface area contributed by atoms with Crippen molar-refractivity contribution in [2.24, 2.45) is 0 Å². The molecule has 0 fully saturated rings. The lowest BCUT2D eigenvalue weighted by Gasteiger charge is -2.21. The molecule has 1 unspecified atom stereocenters. The summed E-state index contributed by atoms with van der Waals surface area (Å²) in [5, 5.41) is 2.59. The standard InChI is InChI=1S/C10H18O3S2/c1-9(2,3)14(11)7-8(14)15(12,13)10(4,5)6/h1-6H3. The molecule has 3 nitrogen and oxygen atoms in total. The summed E-state index contributed by atoms with van der Waals surface area (Å²) in [6.45, 7) is 10.1. The zero-order valence-corrected chi connectivity index (χ0v) is 11.7. The molecule has 1 rings (SSSR count). The Labute approximate surface area is 92.5 Å². The largest absolute Gasteiger partial charge is 0.253 e. The molecule has 0 aromatic heterocycles. The number of hydrogen-bond donors (Lipinski definition) is 0. The van der Waals surface area contributed by atoms with Gasteiger partial charge in [-0.05, 0) is 46.6 Å². The lowest BCUT2D eigenvalue weighted by molar-refractivity contribution is 0.569. The normalized spacial score (nSPS) is 26.9. The van der Waals surface area contributed by atoms with Gasteiger partial charge in [0, 0.05) is 4.75 Å². The topological polar surface area (TPSA) is 51.2 Å². The van der Waals surface area contributed by atoms with Crippen molar-refractivity contribution in [1.29, 1.82) is 0 Å². The first-order chi connectivity index (χ1) is 6.34. The molecular weight excluding hydrogens is 232 g/mol. The van der Waals surface area contributed by atoms with Gasteiger partial charge in [-0.25, -0.2) is 8.42 Å². The average molecular weight is 250 g/mol.